The smallest absolute Gasteiger partial charge is 0.243 e. The van der Waals surface area contributed by atoms with E-state index in [1.165, 1.54) is 12.1 Å². The maximum absolute atomic E-state index is 12.7. The predicted octanol–water partition coefficient (Wildman–Crippen LogP) is 3.30. The van der Waals surface area contributed by atoms with Gasteiger partial charge in [0.1, 0.15) is 16.2 Å². The van der Waals surface area contributed by atoms with Crippen molar-refractivity contribution in [3.05, 3.63) is 58.1 Å². The standard InChI is InChI=1S/C21H20Cl2N2O5S/c22-15-5-3-6-16(23)20(15)31(28,29)24-10-8-19(27)25-11-9-21(13-25)12-17(26)14-4-1-2-7-18(14)30-21/h1-7,24H,8-13H2. The topological polar surface area (TPSA) is 92.8 Å². The summed E-state index contributed by atoms with van der Waals surface area (Å²) in [6, 6.07) is 11.5. The van der Waals surface area contributed by atoms with Crippen molar-refractivity contribution in [2.24, 2.45) is 0 Å². The number of Topliss-reactive ketones (excluding diaryl/α,β-unsaturated/α-hetero) is 1. The van der Waals surface area contributed by atoms with E-state index >= 15 is 0 Å². The number of rotatable bonds is 5. The van der Waals surface area contributed by atoms with Crippen molar-refractivity contribution in [3.63, 3.8) is 0 Å². The summed E-state index contributed by atoms with van der Waals surface area (Å²) < 4.78 is 33.5. The average Bonchev–Trinajstić information content (AvgIpc) is 3.10. The van der Waals surface area contributed by atoms with Crippen molar-refractivity contribution >= 4 is 44.9 Å². The van der Waals surface area contributed by atoms with E-state index in [1.807, 2.05) is 0 Å². The third-order valence-electron chi connectivity index (χ3n) is 5.48. The number of hydrogen-bond donors (Lipinski definition) is 1. The highest BCUT2D eigenvalue weighted by Gasteiger charge is 2.46. The molecule has 0 aliphatic carbocycles. The third-order valence-corrected chi connectivity index (χ3v) is 7.90. The molecule has 0 aromatic heterocycles. The number of carbonyl (C=O) groups is 2. The lowest BCUT2D eigenvalue weighted by atomic mass is 9.89. The van der Waals surface area contributed by atoms with Gasteiger partial charge >= 0.3 is 0 Å². The van der Waals surface area contributed by atoms with Crippen LogP contribution in [-0.2, 0) is 14.8 Å². The normalized spacial score (nSPS) is 20.6. The van der Waals surface area contributed by atoms with Crippen LogP contribution in [0, 0.1) is 0 Å². The minimum atomic E-state index is -3.96. The van der Waals surface area contributed by atoms with E-state index < -0.39 is 15.6 Å². The number of hydrogen-bond acceptors (Lipinski definition) is 5. The van der Waals surface area contributed by atoms with E-state index in [-0.39, 0.29) is 52.6 Å². The number of nitrogens with one attached hydrogen (secondary N) is 1. The zero-order valence-corrected chi connectivity index (χ0v) is 18.8. The van der Waals surface area contributed by atoms with Crippen molar-refractivity contribution < 1.29 is 22.7 Å². The fraction of sp³-hybridized carbons (Fsp3) is 0.333. The number of halogens is 2. The number of benzene rings is 2. The van der Waals surface area contributed by atoms with Crippen molar-refractivity contribution in [1.82, 2.24) is 9.62 Å². The van der Waals surface area contributed by atoms with Gasteiger partial charge in [-0.25, -0.2) is 13.1 Å². The van der Waals surface area contributed by atoms with Crippen molar-refractivity contribution in [3.8, 4) is 5.75 Å². The van der Waals surface area contributed by atoms with Crippen LogP contribution in [0.15, 0.2) is 47.4 Å². The van der Waals surface area contributed by atoms with E-state index in [9.17, 15) is 18.0 Å². The number of ether oxygens (including phenoxy) is 1. The van der Waals surface area contributed by atoms with Crippen LogP contribution in [0.2, 0.25) is 10.0 Å². The molecule has 2 aliphatic heterocycles. The maximum Gasteiger partial charge on any atom is 0.243 e. The zero-order chi connectivity index (χ0) is 22.2. The van der Waals surface area contributed by atoms with Crippen molar-refractivity contribution in [1.29, 1.82) is 0 Å². The molecule has 1 atom stereocenters. The van der Waals surface area contributed by atoms with Gasteiger partial charge in [0.2, 0.25) is 15.9 Å². The lowest BCUT2D eigenvalue weighted by Gasteiger charge is -2.34. The Labute approximate surface area is 190 Å². The number of nitrogens with zero attached hydrogens (tertiary/aromatic N) is 1. The summed E-state index contributed by atoms with van der Waals surface area (Å²) in [7, 11) is -3.96. The maximum atomic E-state index is 12.7. The lowest BCUT2D eigenvalue weighted by molar-refractivity contribution is -0.130. The highest BCUT2D eigenvalue weighted by Crippen LogP contribution is 2.38. The van der Waals surface area contributed by atoms with Gasteiger partial charge in [0.25, 0.3) is 0 Å². The lowest BCUT2D eigenvalue weighted by Crippen LogP contribution is -2.45. The summed E-state index contributed by atoms with van der Waals surface area (Å²) in [6.07, 6.45) is 0.715. The minimum absolute atomic E-state index is 0.000488. The molecule has 1 saturated heterocycles. The fourth-order valence-electron chi connectivity index (χ4n) is 3.99. The second-order valence-electron chi connectivity index (χ2n) is 7.65. The number of fused-ring (bicyclic) bond motifs is 1. The van der Waals surface area contributed by atoms with E-state index in [0.717, 1.165) is 0 Å². The molecular weight excluding hydrogens is 463 g/mol. The quantitative estimate of drug-likeness (QED) is 0.705. The van der Waals surface area contributed by atoms with Crippen LogP contribution in [0.5, 0.6) is 5.75 Å². The molecule has 2 heterocycles. The molecule has 2 aromatic carbocycles. The van der Waals surface area contributed by atoms with Crippen LogP contribution in [0.1, 0.15) is 29.6 Å². The summed E-state index contributed by atoms with van der Waals surface area (Å²) >= 11 is 11.9. The molecule has 1 N–H and O–H groups in total. The number of amides is 1. The third kappa shape index (κ3) is 4.43. The van der Waals surface area contributed by atoms with Crippen LogP contribution in [0.3, 0.4) is 0 Å². The number of sulfonamides is 1. The molecule has 7 nitrogen and oxygen atoms in total. The number of carbonyl (C=O) groups excluding carboxylic acids is 2. The zero-order valence-electron chi connectivity index (χ0n) is 16.4. The molecular formula is C21H20Cl2N2O5S. The molecule has 10 heteroatoms. The Balaban J connectivity index is 1.36. The van der Waals surface area contributed by atoms with Gasteiger partial charge in [0.15, 0.2) is 5.78 Å². The Bertz CT molecular complexity index is 1130. The molecule has 0 radical (unpaired) electrons. The summed E-state index contributed by atoms with van der Waals surface area (Å²) in [4.78, 5) is 26.6. The van der Waals surface area contributed by atoms with Crippen molar-refractivity contribution in [2.45, 2.75) is 29.8 Å². The molecule has 2 aromatic rings. The van der Waals surface area contributed by atoms with E-state index in [1.54, 1.807) is 35.2 Å². The molecule has 4 rings (SSSR count). The van der Waals surface area contributed by atoms with Gasteiger partial charge in [-0.05, 0) is 24.3 Å². The Morgan fingerprint density at radius 3 is 2.58 bits per heavy atom. The molecule has 0 saturated carbocycles. The first-order chi connectivity index (χ1) is 14.7. The summed E-state index contributed by atoms with van der Waals surface area (Å²) in [5.74, 6) is 0.317. The molecule has 1 spiro atoms. The monoisotopic (exact) mass is 482 g/mol. The fourth-order valence-corrected chi connectivity index (χ4v) is 6.16. The number of para-hydroxylation sites is 1. The van der Waals surface area contributed by atoms with E-state index in [4.69, 9.17) is 27.9 Å². The van der Waals surface area contributed by atoms with Gasteiger partial charge in [-0.1, -0.05) is 41.4 Å². The van der Waals surface area contributed by atoms with Crippen molar-refractivity contribution in [2.75, 3.05) is 19.6 Å². The predicted molar refractivity (Wildman–Crippen MR) is 116 cm³/mol. The molecule has 0 bridgehead atoms. The Hall–Kier alpha value is -2.13. The first-order valence-corrected chi connectivity index (χ1v) is 12.0. The van der Waals surface area contributed by atoms with Crippen LogP contribution in [-0.4, -0.2) is 50.2 Å². The minimum Gasteiger partial charge on any atom is -0.484 e. The largest absolute Gasteiger partial charge is 0.484 e. The molecule has 164 valence electrons. The first-order valence-electron chi connectivity index (χ1n) is 9.73. The summed E-state index contributed by atoms with van der Waals surface area (Å²) in [5.41, 5.74) is -0.170. The molecule has 31 heavy (non-hydrogen) atoms. The van der Waals surface area contributed by atoms with Gasteiger partial charge in [0, 0.05) is 25.9 Å². The van der Waals surface area contributed by atoms with Gasteiger partial charge in [-0.3, -0.25) is 9.59 Å². The van der Waals surface area contributed by atoms with E-state index in [0.29, 0.717) is 24.3 Å². The Kier molecular flexibility index (Phi) is 6.00. The van der Waals surface area contributed by atoms with E-state index in [2.05, 4.69) is 4.72 Å². The average molecular weight is 483 g/mol. The van der Waals surface area contributed by atoms with Crippen LogP contribution in [0.25, 0.3) is 0 Å². The molecule has 1 fully saturated rings. The van der Waals surface area contributed by atoms with Gasteiger partial charge in [-0.15, -0.1) is 0 Å². The highest BCUT2D eigenvalue weighted by atomic mass is 35.5. The number of ketones is 1. The van der Waals surface area contributed by atoms with Gasteiger partial charge in [0.05, 0.1) is 28.6 Å². The first kappa shape index (κ1) is 22.1. The Morgan fingerprint density at radius 2 is 1.84 bits per heavy atom. The molecule has 1 unspecified atom stereocenters. The Morgan fingerprint density at radius 1 is 1.13 bits per heavy atom. The van der Waals surface area contributed by atoms with Crippen LogP contribution >= 0.6 is 23.2 Å². The second kappa shape index (κ2) is 8.43. The summed E-state index contributed by atoms with van der Waals surface area (Å²) in [6.45, 7) is 0.626. The van der Waals surface area contributed by atoms with Gasteiger partial charge < -0.3 is 9.64 Å². The SMILES string of the molecule is O=C1CC2(CCN(C(=O)CCNS(=O)(=O)c3c(Cl)cccc3Cl)C2)Oc2ccccc21. The highest BCUT2D eigenvalue weighted by molar-refractivity contribution is 7.89. The summed E-state index contributed by atoms with van der Waals surface area (Å²) in [5, 5.41) is 0.0133. The van der Waals surface area contributed by atoms with Gasteiger partial charge in [-0.2, -0.15) is 0 Å². The van der Waals surface area contributed by atoms with Crippen LogP contribution in [0.4, 0.5) is 0 Å². The molecule has 1 amide bonds. The molecule has 2 aliphatic rings. The second-order valence-corrected chi connectivity index (χ2v) is 10.2. The number of likely N-dealkylation sites (tertiary alicyclic amines) is 1. The van der Waals surface area contributed by atoms with Crippen LogP contribution < -0.4 is 9.46 Å².